The first kappa shape index (κ1) is 12.4. The summed E-state index contributed by atoms with van der Waals surface area (Å²) in [6.07, 6.45) is 4.34. The number of allylic oxidation sites excluding steroid dienone is 1. The highest BCUT2D eigenvalue weighted by Gasteiger charge is 2.24. The van der Waals surface area contributed by atoms with Crippen LogP contribution in [0.5, 0.6) is 0 Å². The van der Waals surface area contributed by atoms with Gasteiger partial charge in [0.15, 0.2) is 5.78 Å². The van der Waals surface area contributed by atoms with Gasteiger partial charge in [-0.25, -0.2) is 0 Å². The molecule has 2 heteroatoms. The molecule has 0 aliphatic rings. The average Bonchev–Trinajstić information content (AvgIpc) is 2.04. The number of Topliss-reactive ketones (excluding diaryl/α,β-unsaturated/α-hetero) is 1. The SMILES string of the molecule is C=CCCCC(=O)C(C)(C)NCC. The molecule has 13 heavy (non-hydrogen) atoms. The largest absolute Gasteiger partial charge is 0.306 e. The van der Waals surface area contributed by atoms with E-state index < -0.39 is 0 Å². The summed E-state index contributed by atoms with van der Waals surface area (Å²) in [6.45, 7) is 10.3. The summed E-state index contributed by atoms with van der Waals surface area (Å²) >= 11 is 0. The van der Waals surface area contributed by atoms with Crippen LogP contribution in [0.1, 0.15) is 40.0 Å². The van der Waals surface area contributed by atoms with Crippen molar-refractivity contribution < 1.29 is 4.79 Å². The highest BCUT2D eigenvalue weighted by atomic mass is 16.1. The number of hydrogen-bond donors (Lipinski definition) is 1. The van der Waals surface area contributed by atoms with Crippen LogP contribution < -0.4 is 5.32 Å². The van der Waals surface area contributed by atoms with Crippen LogP contribution in [0, 0.1) is 0 Å². The Hall–Kier alpha value is -0.630. The average molecular weight is 183 g/mol. The molecule has 0 saturated carbocycles. The second kappa shape index (κ2) is 5.92. The molecular formula is C11H21NO. The maximum atomic E-state index is 11.6. The number of likely N-dealkylation sites (N-methyl/N-ethyl adjacent to an activating group) is 1. The molecule has 0 rings (SSSR count). The summed E-state index contributed by atoms with van der Waals surface area (Å²) < 4.78 is 0. The minimum atomic E-state index is -0.365. The molecule has 0 aromatic carbocycles. The molecule has 76 valence electrons. The molecule has 0 aromatic rings. The number of carbonyl (C=O) groups excluding carboxylic acids is 1. The minimum absolute atomic E-state index is 0.288. The zero-order valence-electron chi connectivity index (χ0n) is 9.02. The fourth-order valence-corrected chi connectivity index (χ4v) is 1.26. The van der Waals surface area contributed by atoms with Crippen molar-refractivity contribution in [3.8, 4) is 0 Å². The lowest BCUT2D eigenvalue weighted by atomic mass is 9.95. The molecule has 2 nitrogen and oxygen atoms in total. The maximum absolute atomic E-state index is 11.6. The monoisotopic (exact) mass is 183 g/mol. The van der Waals surface area contributed by atoms with Gasteiger partial charge < -0.3 is 5.32 Å². The Labute approximate surface area is 81.4 Å². The maximum Gasteiger partial charge on any atom is 0.152 e. The zero-order valence-corrected chi connectivity index (χ0v) is 9.02. The van der Waals surface area contributed by atoms with Crippen molar-refractivity contribution >= 4 is 5.78 Å². The van der Waals surface area contributed by atoms with E-state index in [4.69, 9.17) is 0 Å². The highest BCUT2D eigenvalue weighted by Crippen LogP contribution is 2.09. The molecule has 0 spiro atoms. The lowest BCUT2D eigenvalue weighted by Crippen LogP contribution is -2.46. The van der Waals surface area contributed by atoms with Gasteiger partial charge in [0.1, 0.15) is 0 Å². The normalized spacial score (nSPS) is 11.3. The van der Waals surface area contributed by atoms with Crippen LogP contribution in [0.15, 0.2) is 12.7 Å². The van der Waals surface area contributed by atoms with E-state index in [-0.39, 0.29) is 11.3 Å². The van der Waals surface area contributed by atoms with Crippen molar-refractivity contribution in [2.75, 3.05) is 6.54 Å². The fourth-order valence-electron chi connectivity index (χ4n) is 1.26. The Morgan fingerprint density at radius 3 is 2.62 bits per heavy atom. The van der Waals surface area contributed by atoms with Crippen molar-refractivity contribution in [1.29, 1.82) is 0 Å². The standard InChI is InChI=1S/C11H21NO/c1-5-7-8-9-10(13)11(3,4)12-6-2/h5,12H,1,6-9H2,2-4H3. The van der Waals surface area contributed by atoms with Crippen LogP contribution in [0.2, 0.25) is 0 Å². The van der Waals surface area contributed by atoms with Gasteiger partial charge in [0.25, 0.3) is 0 Å². The van der Waals surface area contributed by atoms with Gasteiger partial charge in [0, 0.05) is 6.42 Å². The van der Waals surface area contributed by atoms with Crippen LogP contribution in [-0.4, -0.2) is 17.9 Å². The van der Waals surface area contributed by atoms with E-state index in [0.717, 1.165) is 19.4 Å². The Morgan fingerprint density at radius 2 is 2.15 bits per heavy atom. The molecule has 1 N–H and O–H groups in total. The van der Waals surface area contributed by atoms with E-state index in [2.05, 4.69) is 11.9 Å². The Bertz CT molecular complexity index is 173. The minimum Gasteiger partial charge on any atom is -0.306 e. The van der Waals surface area contributed by atoms with Gasteiger partial charge in [0.05, 0.1) is 5.54 Å². The molecular weight excluding hydrogens is 162 g/mol. The molecule has 0 bridgehead atoms. The second-order valence-corrected chi connectivity index (χ2v) is 3.76. The first-order valence-corrected chi connectivity index (χ1v) is 4.93. The summed E-state index contributed by atoms with van der Waals surface area (Å²) in [5.41, 5.74) is -0.365. The summed E-state index contributed by atoms with van der Waals surface area (Å²) in [4.78, 5) is 11.6. The van der Waals surface area contributed by atoms with Crippen LogP contribution in [-0.2, 0) is 4.79 Å². The number of ketones is 1. The van der Waals surface area contributed by atoms with Gasteiger partial charge in [-0.1, -0.05) is 13.0 Å². The molecule has 0 aliphatic heterocycles. The number of unbranched alkanes of at least 4 members (excludes halogenated alkanes) is 1. The summed E-state index contributed by atoms with van der Waals surface area (Å²) in [5.74, 6) is 0.288. The van der Waals surface area contributed by atoms with Gasteiger partial charge >= 0.3 is 0 Å². The smallest absolute Gasteiger partial charge is 0.152 e. The van der Waals surface area contributed by atoms with Crippen LogP contribution in [0.3, 0.4) is 0 Å². The Balaban J connectivity index is 3.86. The van der Waals surface area contributed by atoms with E-state index >= 15 is 0 Å². The lowest BCUT2D eigenvalue weighted by molar-refractivity contribution is -0.124. The predicted molar refractivity (Wildman–Crippen MR) is 56.8 cm³/mol. The van der Waals surface area contributed by atoms with Gasteiger partial charge in [-0.05, 0) is 33.2 Å². The van der Waals surface area contributed by atoms with E-state index in [0.29, 0.717) is 6.42 Å². The van der Waals surface area contributed by atoms with Crippen LogP contribution >= 0.6 is 0 Å². The first-order chi connectivity index (χ1) is 6.04. The quantitative estimate of drug-likeness (QED) is 0.484. The molecule has 0 radical (unpaired) electrons. The molecule has 0 aliphatic carbocycles. The number of hydrogen-bond acceptors (Lipinski definition) is 2. The van der Waals surface area contributed by atoms with Gasteiger partial charge in [-0.15, -0.1) is 6.58 Å². The first-order valence-electron chi connectivity index (χ1n) is 4.93. The Morgan fingerprint density at radius 1 is 1.54 bits per heavy atom. The molecule has 0 amide bonds. The highest BCUT2D eigenvalue weighted by molar-refractivity contribution is 5.87. The third-order valence-corrected chi connectivity index (χ3v) is 2.13. The third-order valence-electron chi connectivity index (χ3n) is 2.13. The number of nitrogens with one attached hydrogen (secondary N) is 1. The molecule has 0 unspecified atom stereocenters. The number of carbonyl (C=O) groups is 1. The van der Waals surface area contributed by atoms with Crippen molar-refractivity contribution in [3.05, 3.63) is 12.7 Å². The zero-order chi connectivity index (χ0) is 10.3. The van der Waals surface area contributed by atoms with Gasteiger partial charge in [0.2, 0.25) is 0 Å². The van der Waals surface area contributed by atoms with Crippen molar-refractivity contribution in [1.82, 2.24) is 5.32 Å². The molecule has 0 heterocycles. The Kier molecular flexibility index (Phi) is 5.63. The van der Waals surface area contributed by atoms with Gasteiger partial charge in [-0.2, -0.15) is 0 Å². The molecule has 0 fully saturated rings. The third kappa shape index (κ3) is 4.83. The van der Waals surface area contributed by atoms with Crippen molar-refractivity contribution in [2.45, 2.75) is 45.6 Å². The predicted octanol–water partition coefficient (Wildman–Crippen LogP) is 2.30. The lowest BCUT2D eigenvalue weighted by Gasteiger charge is -2.23. The fraction of sp³-hybridized carbons (Fsp3) is 0.727. The summed E-state index contributed by atoms with van der Waals surface area (Å²) in [5, 5.41) is 3.17. The van der Waals surface area contributed by atoms with Gasteiger partial charge in [-0.3, -0.25) is 4.79 Å². The topological polar surface area (TPSA) is 29.1 Å². The number of rotatable bonds is 7. The second-order valence-electron chi connectivity index (χ2n) is 3.76. The van der Waals surface area contributed by atoms with E-state index in [1.807, 2.05) is 26.8 Å². The van der Waals surface area contributed by atoms with Crippen LogP contribution in [0.25, 0.3) is 0 Å². The van der Waals surface area contributed by atoms with Crippen LogP contribution in [0.4, 0.5) is 0 Å². The molecule has 0 atom stereocenters. The molecule has 0 saturated heterocycles. The van der Waals surface area contributed by atoms with Crippen molar-refractivity contribution in [3.63, 3.8) is 0 Å². The van der Waals surface area contributed by atoms with E-state index in [9.17, 15) is 4.79 Å². The molecule has 0 aromatic heterocycles. The van der Waals surface area contributed by atoms with E-state index in [1.165, 1.54) is 0 Å². The summed E-state index contributed by atoms with van der Waals surface area (Å²) in [6, 6.07) is 0. The van der Waals surface area contributed by atoms with Crippen molar-refractivity contribution in [2.24, 2.45) is 0 Å². The summed E-state index contributed by atoms with van der Waals surface area (Å²) in [7, 11) is 0. The van der Waals surface area contributed by atoms with E-state index in [1.54, 1.807) is 0 Å².